The molecular weight excluding hydrogens is 282 g/mol. The molecule has 2 unspecified atom stereocenters. The Morgan fingerprint density at radius 1 is 1.27 bits per heavy atom. The number of ether oxygens (including phenoxy) is 1. The summed E-state index contributed by atoms with van der Waals surface area (Å²) < 4.78 is 5.61. The maximum Gasteiger partial charge on any atom is 0.308 e. The molecule has 22 heavy (non-hydrogen) atoms. The van der Waals surface area contributed by atoms with E-state index in [2.05, 4.69) is 5.32 Å². The van der Waals surface area contributed by atoms with Gasteiger partial charge in [0.15, 0.2) is 0 Å². The van der Waals surface area contributed by atoms with Gasteiger partial charge in [-0.1, -0.05) is 12.1 Å². The molecule has 0 aliphatic carbocycles. The molecule has 0 aliphatic rings. The van der Waals surface area contributed by atoms with Gasteiger partial charge in [-0.3, -0.25) is 9.59 Å². The molecule has 1 amide bonds. The lowest BCUT2D eigenvalue weighted by molar-refractivity contribution is -0.142. The van der Waals surface area contributed by atoms with E-state index in [0.717, 1.165) is 17.7 Å². The maximum absolute atomic E-state index is 11.7. The molecule has 0 radical (unpaired) electrons. The minimum absolute atomic E-state index is 0.115. The lowest BCUT2D eigenvalue weighted by Crippen LogP contribution is -2.39. The molecule has 5 heteroatoms. The fraction of sp³-hybridized carbons (Fsp3) is 0.529. The Morgan fingerprint density at radius 2 is 2.00 bits per heavy atom. The lowest BCUT2D eigenvalue weighted by atomic mass is 10.0. The molecule has 0 bridgehead atoms. The summed E-state index contributed by atoms with van der Waals surface area (Å²) in [4.78, 5) is 22.5. The molecule has 5 nitrogen and oxygen atoms in total. The van der Waals surface area contributed by atoms with Gasteiger partial charge in [-0.05, 0) is 51.3 Å². The minimum atomic E-state index is -0.903. The van der Waals surface area contributed by atoms with Crippen molar-refractivity contribution in [2.75, 3.05) is 6.61 Å². The average Bonchev–Trinajstić information content (AvgIpc) is 2.45. The third-order valence-corrected chi connectivity index (χ3v) is 3.58. The van der Waals surface area contributed by atoms with Crippen molar-refractivity contribution in [2.45, 2.75) is 46.1 Å². The largest absolute Gasteiger partial charge is 0.494 e. The number of aryl methyl sites for hydroxylation is 1. The van der Waals surface area contributed by atoms with E-state index in [9.17, 15) is 9.59 Å². The summed E-state index contributed by atoms with van der Waals surface area (Å²) >= 11 is 0. The number of carbonyl (C=O) groups is 2. The molecule has 0 saturated carbocycles. The first-order valence-electron chi connectivity index (χ1n) is 7.61. The first kappa shape index (κ1) is 18.0. The number of hydrogen-bond donors (Lipinski definition) is 2. The number of rotatable bonds is 9. The fourth-order valence-corrected chi connectivity index (χ4v) is 1.95. The van der Waals surface area contributed by atoms with E-state index in [4.69, 9.17) is 9.84 Å². The second-order valence-corrected chi connectivity index (χ2v) is 5.61. The summed E-state index contributed by atoms with van der Waals surface area (Å²) in [7, 11) is 0. The monoisotopic (exact) mass is 307 g/mol. The standard InChI is InChI=1S/C17H25NO4/c1-12-7-6-8-15(11-12)22-10-5-4-9-16(19)18-14(3)13(2)17(20)21/h6-8,11,13-14H,4-5,9-10H2,1-3H3,(H,18,19)(H,20,21). The van der Waals surface area contributed by atoms with Crippen LogP contribution in [0, 0.1) is 12.8 Å². The van der Waals surface area contributed by atoms with Crippen LogP contribution in [0.4, 0.5) is 0 Å². The predicted octanol–water partition coefficient (Wildman–Crippen LogP) is 2.77. The lowest BCUT2D eigenvalue weighted by Gasteiger charge is -2.17. The summed E-state index contributed by atoms with van der Waals surface area (Å²) in [5.74, 6) is -0.766. The van der Waals surface area contributed by atoms with E-state index >= 15 is 0 Å². The van der Waals surface area contributed by atoms with E-state index in [-0.39, 0.29) is 11.9 Å². The average molecular weight is 307 g/mol. The number of carbonyl (C=O) groups excluding carboxylic acids is 1. The summed E-state index contributed by atoms with van der Waals surface area (Å²) in [6.07, 6.45) is 1.88. The molecule has 1 rings (SSSR count). The zero-order chi connectivity index (χ0) is 16.5. The Morgan fingerprint density at radius 3 is 2.64 bits per heavy atom. The van der Waals surface area contributed by atoms with Crippen molar-refractivity contribution in [1.29, 1.82) is 0 Å². The van der Waals surface area contributed by atoms with Gasteiger partial charge < -0.3 is 15.2 Å². The van der Waals surface area contributed by atoms with Gasteiger partial charge in [0.25, 0.3) is 0 Å². The molecule has 1 aromatic rings. The molecule has 122 valence electrons. The summed E-state index contributed by atoms with van der Waals surface area (Å²) in [6, 6.07) is 7.48. The van der Waals surface area contributed by atoms with Gasteiger partial charge in [-0.2, -0.15) is 0 Å². The third-order valence-electron chi connectivity index (χ3n) is 3.58. The summed E-state index contributed by atoms with van der Waals surface area (Å²) in [5, 5.41) is 11.6. The van der Waals surface area contributed by atoms with Crippen molar-refractivity contribution in [3.05, 3.63) is 29.8 Å². The Hall–Kier alpha value is -2.04. The number of benzene rings is 1. The van der Waals surface area contributed by atoms with Crippen LogP contribution in [0.3, 0.4) is 0 Å². The van der Waals surface area contributed by atoms with Crippen molar-refractivity contribution >= 4 is 11.9 Å². The third kappa shape index (κ3) is 6.61. The van der Waals surface area contributed by atoms with Crippen molar-refractivity contribution in [3.8, 4) is 5.75 Å². The zero-order valence-electron chi connectivity index (χ0n) is 13.5. The number of aliphatic carboxylic acids is 1. The first-order valence-corrected chi connectivity index (χ1v) is 7.61. The van der Waals surface area contributed by atoms with Crippen molar-refractivity contribution in [1.82, 2.24) is 5.32 Å². The molecule has 0 spiro atoms. The molecule has 0 saturated heterocycles. The van der Waals surface area contributed by atoms with Crippen LogP contribution in [0.5, 0.6) is 5.75 Å². The first-order chi connectivity index (χ1) is 10.4. The van der Waals surface area contributed by atoms with E-state index < -0.39 is 11.9 Å². The van der Waals surface area contributed by atoms with Gasteiger partial charge >= 0.3 is 5.97 Å². The van der Waals surface area contributed by atoms with E-state index in [0.29, 0.717) is 19.4 Å². The highest BCUT2D eigenvalue weighted by molar-refractivity contribution is 5.77. The van der Waals surface area contributed by atoms with E-state index in [1.165, 1.54) is 0 Å². The van der Waals surface area contributed by atoms with Crippen LogP contribution in [0.2, 0.25) is 0 Å². The van der Waals surface area contributed by atoms with E-state index in [1.807, 2.05) is 31.2 Å². The molecule has 0 aliphatic heterocycles. The normalized spacial score (nSPS) is 13.2. The Balaban J connectivity index is 2.16. The van der Waals surface area contributed by atoms with Crippen LogP contribution in [-0.2, 0) is 9.59 Å². The highest BCUT2D eigenvalue weighted by Gasteiger charge is 2.20. The van der Waals surface area contributed by atoms with Crippen LogP contribution in [0.15, 0.2) is 24.3 Å². The molecule has 2 N–H and O–H groups in total. The van der Waals surface area contributed by atoms with Crippen molar-refractivity contribution in [2.24, 2.45) is 5.92 Å². The maximum atomic E-state index is 11.7. The quantitative estimate of drug-likeness (QED) is 0.688. The van der Waals surface area contributed by atoms with Crippen LogP contribution in [-0.4, -0.2) is 29.6 Å². The topological polar surface area (TPSA) is 75.6 Å². The van der Waals surface area contributed by atoms with Gasteiger partial charge in [0.05, 0.1) is 12.5 Å². The van der Waals surface area contributed by atoms with Crippen LogP contribution >= 0.6 is 0 Å². The Labute approximate surface area is 131 Å². The van der Waals surface area contributed by atoms with Gasteiger partial charge in [0.1, 0.15) is 5.75 Å². The molecule has 2 atom stereocenters. The second-order valence-electron chi connectivity index (χ2n) is 5.61. The molecule has 1 aromatic carbocycles. The number of nitrogens with one attached hydrogen (secondary N) is 1. The van der Waals surface area contributed by atoms with Crippen molar-refractivity contribution < 1.29 is 19.4 Å². The van der Waals surface area contributed by atoms with Crippen LogP contribution in [0.25, 0.3) is 0 Å². The highest BCUT2D eigenvalue weighted by Crippen LogP contribution is 2.13. The number of carboxylic acids is 1. The zero-order valence-corrected chi connectivity index (χ0v) is 13.5. The summed E-state index contributed by atoms with van der Waals surface area (Å²) in [6.45, 7) is 5.87. The summed E-state index contributed by atoms with van der Waals surface area (Å²) in [5.41, 5.74) is 1.15. The molecule has 0 fully saturated rings. The fourth-order valence-electron chi connectivity index (χ4n) is 1.95. The minimum Gasteiger partial charge on any atom is -0.494 e. The Kier molecular flexibility index (Phi) is 7.43. The van der Waals surface area contributed by atoms with Crippen LogP contribution in [0.1, 0.15) is 38.7 Å². The van der Waals surface area contributed by atoms with Gasteiger partial charge in [0.2, 0.25) is 5.91 Å². The number of carboxylic acid groups (broad SMARTS) is 1. The molecule has 0 aromatic heterocycles. The van der Waals surface area contributed by atoms with Gasteiger partial charge in [0, 0.05) is 12.5 Å². The van der Waals surface area contributed by atoms with E-state index in [1.54, 1.807) is 13.8 Å². The molecule has 0 heterocycles. The number of hydrogen-bond acceptors (Lipinski definition) is 3. The molecular formula is C17H25NO4. The number of amides is 1. The smallest absolute Gasteiger partial charge is 0.308 e. The highest BCUT2D eigenvalue weighted by atomic mass is 16.5. The SMILES string of the molecule is Cc1cccc(OCCCCC(=O)NC(C)C(C)C(=O)O)c1. The van der Waals surface area contributed by atoms with Gasteiger partial charge in [-0.15, -0.1) is 0 Å². The second kappa shape index (κ2) is 9.07. The van der Waals surface area contributed by atoms with Gasteiger partial charge in [-0.25, -0.2) is 0 Å². The Bertz CT molecular complexity index is 501. The predicted molar refractivity (Wildman–Crippen MR) is 84.9 cm³/mol. The van der Waals surface area contributed by atoms with Crippen molar-refractivity contribution in [3.63, 3.8) is 0 Å². The number of unbranched alkanes of at least 4 members (excludes halogenated alkanes) is 1. The van der Waals surface area contributed by atoms with Crippen LogP contribution < -0.4 is 10.1 Å².